The summed E-state index contributed by atoms with van der Waals surface area (Å²) in [6.45, 7) is 1.87. The molecular formula is C18H19ClN2O4. The van der Waals surface area contributed by atoms with E-state index in [0.29, 0.717) is 17.9 Å². The van der Waals surface area contributed by atoms with E-state index >= 15 is 0 Å². The van der Waals surface area contributed by atoms with Crippen LogP contribution in [0.2, 0.25) is 0 Å². The van der Waals surface area contributed by atoms with Gasteiger partial charge in [-0.1, -0.05) is 30.3 Å². The van der Waals surface area contributed by atoms with Crippen molar-refractivity contribution in [2.24, 2.45) is 5.73 Å². The lowest BCUT2D eigenvalue weighted by Crippen LogP contribution is -2.30. The molecule has 0 unspecified atom stereocenters. The summed E-state index contributed by atoms with van der Waals surface area (Å²) in [6, 6.07) is 12.8. The first-order valence-corrected chi connectivity index (χ1v) is 7.60. The highest BCUT2D eigenvalue weighted by molar-refractivity contribution is 6.03. The molecular weight excluding hydrogens is 344 g/mol. The predicted octanol–water partition coefficient (Wildman–Crippen LogP) is 3.21. The second-order valence-electron chi connectivity index (χ2n) is 5.58. The van der Waals surface area contributed by atoms with E-state index in [1.165, 1.54) is 0 Å². The molecule has 0 amide bonds. The Bertz CT molecular complexity index is 864. The third-order valence-electron chi connectivity index (χ3n) is 3.64. The Labute approximate surface area is 151 Å². The highest BCUT2D eigenvalue weighted by Crippen LogP contribution is 2.28. The molecule has 7 heteroatoms. The highest BCUT2D eigenvalue weighted by Gasteiger charge is 2.20. The van der Waals surface area contributed by atoms with Gasteiger partial charge in [-0.15, -0.1) is 12.4 Å². The SMILES string of the molecule is Cc1nc2c(C(=O)O)c(OC[C@@H](N)Cc3ccccc3)ccc2o1.Cl. The van der Waals surface area contributed by atoms with Gasteiger partial charge in [-0.25, -0.2) is 9.78 Å². The molecule has 3 rings (SSSR count). The molecule has 1 heterocycles. The normalized spacial score (nSPS) is 11.8. The van der Waals surface area contributed by atoms with Crippen LogP contribution in [0.1, 0.15) is 21.8 Å². The lowest BCUT2D eigenvalue weighted by Gasteiger charge is -2.14. The molecule has 0 aliphatic carbocycles. The van der Waals surface area contributed by atoms with E-state index in [0.717, 1.165) is 5.56 Å². The van der Waals surface area contributed by atoms with Gasteiger partial charge in [0.05, 0.1) is 0 Å². The van der Waals surface area contributed by atoms with Gasteiger partial charge < -0.3 is 20.0 Å². The maximum absolute atomic E-state index is 11.6. The molecule has 0 fully saturated rings. The fourth-order valence-corrected chi connectivity index (χ4v) is 2.59. The number of oxazole rings is 1. The van der Waals surface area contributed by atoms with Gasteiger partial charge in [-0.3, -0.25) is 0 Å². The fourth-order valence-electron chi connectivity index (χ4n) is 2.59. The second kappa shape index (κ2) is 8.00. The molecule has 1 atom stereocenters. The van der Waals surface area contributed by atoms with Crippen LogP contribution in [0.15, 0.2) is 46.9 Å². The van der Waals surface area contributed by atoms with Gasteiger partial charge in [0.25, 0.3) is 0 Å². The molecule has 0 aliphatic rings. The van der Waals surface area contributed by atoms with Crippen molar-refractivity contribution < 1.29 is 19.1 Å². The minimum absolute atomic E-state index is 0. The molecule has 6 nitrogen and oxygen atoms in total. The van der Waals surface area contributed by atoms with Gasteiger partial charge in [0, 0.05) is 13.0 Å². The molecule has 0 radical (unpaired) electrons. The van der Waals surface area contributed by atoms with Crippen LogP contribution >= 0.6 is 12.4 Å². The molecule has 2 aromatic carbocycles. The molecule has 3 N–H and O–H groups in total. The maximum Gasteiger partial charge on any atom is 0.341 e. The number of fused-ring (bicyclic) bond motifs is 1. The Balaban J connectivity index is 0.00000225. The van der Waals surface area contributed by atoms with Crippen LogP contribution < -0.4 is 10.5 Å². The van der Waals surface area contributed by atoms with Gasteiger partial charge in [0.15, 0.2) is 11.5 Å². The number of aromatic nitrogens is 1. The summed E-state index contributed by atoms with van der Waals surface area (Å²) < 4.78 is 11.0. The standard InChI is InChI=1S/C18H18N2O4.ClH/c1-11-20-17-15(24-11)8-7-14(16(17)18(21)22)23-10-13(19)9-12-5-3-2-4-6-12;/h2-8,13H,9-10,19H2,1H3,(H,21,22);1H/t13-;/m0./s1. The van der Waals surface area contributed by atoms with E-state index in [9.17, 15) is 9.90 Å². The molecule has 0 saturated carbocycles. The average molecular weight is 363 g/mol. The number of nitrogens with two attached hydrogens (primary N) is 1. The number of benzene rings is 2. The van der Waals surface area contributed by atoms with Crippen LogP contribution in [0.5, 0.6) is 5.75 Å². The monoisotopic (exact) mass is 362 g/mol. The van der Waals surface area contributed by atoms with E-state index in [2.05, 4.69) is 4.98 Å². The van der Waals surface area contributed by atoms with E-state index in [4.69, 9.17) is 14.9 Å². The summed E-state index contributed by atoms with van der Waals surface area (Å²) in [4.78, 5) is 15.7. The fraction of sp³-hybridized carbons (Fsp3) is 0.222. The Morgan fingerprint density at radius 2 is 2.00 bits per heavy atom. The lowest BCUT2D eigenvalue weighted by molar-refractivity contribution is 0.0694. The molecule has 0 spiro atoms. The van der Waals surface area contributed by atoms with Crippen LogP contribution in [-0.4, -0.2) is 28.7 Å². The van der Waals surface area contributed by atoms with Crippen LogP contribution in [-0.2, 0) is 6.42 Å². The molecule has 25 heavy (non-hydrogen) atoms. The molecule has 3 aromatic rings. The first-order chi connectivity index (χ1) is 11.5. The summed E-state index contributed by atoms with van der Waals surface area (Å²) in [7, 11) is 0. The third kappa shape index (κ3) is 4.29. The van der Waals surface area contributed by atoms with Crippen molar-refractivity contribution in [2.75, 3.05) is 6.61 Å². The number of aromatic carboxylic acids is 1. The molecule has 0 aliphatic heterocycles. The predicted molar refractivity (Wildman–Crippen MR) is 96.6 cm³/mol. The largest absolute Gasteiger partial charge is 0.491 e. The molecule has 1 aromatic heterocycles. The summed E-state index contributed by atoms with van der Waals surface area (Å²) in [6.07, 6.45) is 0.647. The van der Waals surface area contributed by atoms with Gasteiger partial charge in [0.2, 0.25) is 0 Å². The van der Waals surface area contributed by atoms with Crippen LogP contribution in [0.25, 0.3) is 11.1 Å². The van der Waals surface area contributed by atoms with Crippen molar-refractivity contribution in [3.8, 4) is 5.75 Å². The first kappa shape index (κ1) is 18.8. The number of carbonyl (C=O) groups is 1. The van der Waals surface area contributed by atoms with E-state index in [-0.39, 0.29) is 41.9 Å². The summed E-state index contributed by atoms with van der Waals surface area (Å²) in [5.41, 5.74) is 7.90. The van der Waals surface area contributed by atoms with Crippen LogP contribution in [0, 0.1) is 6.92 Å². The smallest absolute Gasteiger partial charge is 0.341 e. The van der Waals surface area contributed by atoms with Crippen molar-refractivity contribution in [2.45, 2.75) is 19.4 Å². The van der Waals surface area contributed by atoms with Gasteiger partial charge in [-0.05, 0) is 24.1 Å². The van der Waals surface area contributed by atoms with Gasteiger partial charge in [-0.2, -0.15) is 0 Å². The van der Waals surface area contributed by atoms with E-state index in [1.54, 1.807) is 19.1 Å². The first-order valence-electron chi connectivity index (χ1n) is 7.60. The Hall–Kier alpha value is -2.57. The molecule has 0 saturated heterocycles. The number of hydrogen-bond acceptors (Lipinski definition) is 5. The Morgan fingerprint density at radius 3 is 2.68 bits per heavy atom. The van der Waals surface area contributed by atoms with E-state index in [1.807, 2.05) is 30.3 Å². The minimum atomic E-state index is -1.11. The van der Waals surface area contributed by atoms with E-state index < -0.39 is 5.97 Å². The molecule has 0 bridgehead atoms. The maximum atomic E-state index is 11.6. The second-order valence-corrected chi connectivity index (χ2v) is 5.58. The van der Waals surface area contributed by atoms with Crippen LogP contribution in [0.4, 0.5) is 0 Å². The van der Waals surface area contributed by atoms with Gasteiger partial charge >= 0.3 is 5.97 Å². The number of hydrogen-bond donors (Lipinski definition) is 2. The van der Waals surface area contributed by atoms with Crippen molar-refractivity contribution in [3.63, 3.8) is 0 Å². The minimum Gasteiger partial charge on any atom is -0.491 e. The van der Waals surface area contributed by atoms with Gasteiger partial charge in [0.1, 0.15) is 23.4 Å². The Kier molecular flexibility index (Phi) is 6.01. The van der Waals surface area contributed by atoms with Crippen molar-refractivity contribution in [1.82, 2.24) is 4.98 Å². The number of ether oxygens (including phenoxy) is 1. The third-order valence-corrected chi connectivity index (χ3v) is 3.64. The zero-order valence-corrected chi connectivity index (χ0v) is 14.5. The number of rotatable bonds is 6. The van der Waals surface area contributed by atoms with Crippen molar-refractivity contribution in [1.29, 1.82) is 0 Å². The zero-order valence-electron chi connectivity index (χ0n) is 13.6. The lowest BCUT2D eigenvalue weighted by atomic mass is 10.1. The van der Waals surface area contributed by atoms with Crippen LogP contribution in [0.3, 0.4) is 0 Å². The number of carboxylic acid groups (broad SMARTS) is 1. The summed E-state index contributed by atoms with van der Waals surface area (Å²) >= 11 is 0. The topological polar surface area (TPSA) is 98.6 Å². The van der Waals surface area contributed by atoms with Crippen molar-refractivity contribution in [3.05, 3.63) is 59.5 Å². The number of carboxylic acids is 1. The highest BCUT2D eigenvalue weighted by atomic mass is 35.5. The average Bonchev–Trinajstić information content (AvgIpc) is 2.93. The number of aryl methyl sites for hydroxylation is 1. The molecule has 132 valence electrons. The Morgan fingerprint density at radius 1 is 1.28 bits per heavy atom. The quantitative estimate of drug-likeness (QED) is 0.698. The zero-order chi connectivity index (χ0) is 17.1. The number of nitrogens with zero attached hydrogens (tertiary/aromatic N) is 1. The van der Waals surface area contributed by atoms with Crippen molar-refractivity contribution >= 4 is 29.5 Å². The summed E-state index contributed by atoms with van der Waals surface area (Å²) in [5.74, 6) is -0.460. The number of halogens is 1. The summed E-state index contributed by atoms with van der Waals surface area (Å²) in [5, 5.41) is 9.48.